The van der Waals surface area contributed by atoms with Crippen LogP contribution in [0.3, 0.4) is 0 Å². The molecule has 7 heteroatoms. The Hall–Kier alpha value is -2.67. The van der Waals surface area contributed by atoms with Crippen LogP contribution >= 0.6 is 11.3 Å². The number of ether oxygens (including phenoxy) is 2. The third kappa shape index (κ3) is 3.88. The second kappa shape index (κ2) is 7.48. The van der Waals surface area contributed by atoms with E-state index in [1.807, 2.05) is 25.1 Å². The Kier molecular flexibility index (Phi) is 5.14. The topological polar surface area (TPSA) is 60.5 Å². The van der Waals surface area contributed by atoms with Gasteiger partial charge in [-0.2, -0.15) is 0 Å². The van der Waals surface area contributed by atoms with Gasteiger partial charge in [-0.3, -0.25) is 4.79 Å². The Labute approximate surface area is 148 Å². The van der Waals surface area contributed by atoms with Gasteiger partial charge in [0.25, 0.3) is 0 Å². The van der Waals surface area contributed by atoms with Crippen LogP contribution in [0.5, 0.6) is 11.5 Å². The first-order valence-corrected chi connectivity index (χ1v) is 8.56. The molecule has 0 fully saturated rings. The number of aromatic nitrogens is 1. The van der Waals surface area contributed by atoms with E-state index in [0.717, 1.165) is 16.0 Å². The molecule has 0 aliphatic rings. The van der Waals surface area contributed by atoms with Crippen molar-refractivity contribution in [3.63, 3.8) is 0 Å². The van der Waals surface area contributed by atoms with Crippen molar-refractivity contribution in [2.24, 2.45) is 0 Å². The molecule has 0 spiro atoms. The van der Waals surface area contributed by atoms with Gasteiger partial charge in [0.1, 0.15) is 5.75 Å². The van der Waals surface area contributed by atoms with Crippen molar-refractivity contribution >= 4 is 32.5 Å². The number of anilines is 1. The summed E-state index contributed by atoms with van der Waals surface area (Å²) >= 11 is 1.44. The number of hydrogen-bond donors (Lipinski definition) is 1. The van der Waals surface area contributed by atoms with Gasteiger partial charge < -0.3 is 14.8 Å². The molecule has 0 bridgehead atoms. The van der Waals surface area contributed by atoms with Crippen molar-refractivity contribution in [2.45, 2.75) is 6.92 Å². The molecule has 0 radical (unpaired) electrons. The number of rotatable bonds is 7. The number of methoxy groups -OCH3 is 1. The largest absolute Gasteiger partial charge is 0.494 e. The molecule has 1 N–H and O–H groups in total. The summed E-state index contributed by atoms with van der Waals surface area (Å²) in [6.07, 6.45) is 0. The second-order valence-electron chi connectivity index (χ2n) is 5.21. The predicted octanol–water partition coefficient (Wildman–Crippen LogP) is 4.14. The quantitative estimate of drug-likeness (QED) is 0.642. The Bertz CT molecular complexity index is 910. The van der Waals surface area contributed by atoms with E-state index >= 15 is 0 Å². The van der Waals surface area contributed by atoms with Crippen molar-refractivity contribution < 1.29 is 18.7 Å². The molecule has 1 aromatic heterocycles. The van der Waals surface area contributed by atoms with Crippen LogP contribution in [0.2, 0.25) is 0 Å². The van der Waals surface area contributed by atoms with Crippen LogP contribution in [0.15, 0.2) is 36.4 Å². The van der Waals surface area contributed by atoms with Gasteiger partial charge in [0.15, 0.2) is 22.5 Å². The van der Waals surface area contributed by atoms with E-state index in [4.69, 9.17) is 9.47 Å². The fourth-order valence-electron chi connectivity index (χ4n) is 2.33. The monoisotopic (exact) mass is 360 g/mol. The second-order valence-corrected chi connectivity index (χ2v) is 6.24. The lowest BCUT2D eigenvalue weighted by molar-refractivity contribution is 0.101. The number of fused-ring (bicyclic) bond motifs is 1. The summed E-state index contributed by atoms with van der Waals surface area (Å²) in [6.45, 7) is 2.56. The maximum atomic E-state index is 13.7. The Morgan fingerprint density at radius 3 is 2.84 bits per heavy atom. The molecule has 1 heterocycles. The number of nitrogens with one attached hydrogen (secondary N) is 1. The van der Waals surface area contributed by atoms with Gasteiger partial charge in [-0.1, -0.05) is 11.3 Å². The molecule has 0 aliphatic carbocycles. The lowest BCUT2D eigenvalue weighted by atomic mass is 10.1. The summed E-state index contributed by atoms with van der Waals surface area (Å²) < 4.78 is 25.0. The van der Waals surface area contributed by atoms with E-state index in [1.54, 1.807) is 6.07 Å². The number of nitrogens with zero attached hydrogens (tertiary/aromatic N) is 1. The standard InChI is InChI=1S/C18H17FN2O3S/c1-3-24-12-5-6-14-17(9-12)25-18(21-14)20-10-15(22)11-4-7-16(23-2)13(19)8-11/h4-9H,3,10H2,1-2H3,(H,20,21). The molecule has 0 aliphatic heterocycles. The highest BCUT2D eigenvalue weighted by Gasteiger charge is 2.11. The van der Waals surface area contributed by atoms with Gasteiger partial charge in [0.05, 0.1) is 30.5 Å². The van der Waals surface area contributed by atoms with Gasteiger partial charge in [0, 0.05) is 5.56 Å². The summed E-state index contributed by atoms with van der Waals surface area (Å²) in [5, 5.41) is 3.63. The van der Waals surface area contributed by atoms with Crippen LogP contribution in [0.25, 0.3) is 10.2 Å². The molecule has 0 saturated heterocycles. The van der Waals surface area contributed by atoms with Crippen molar-refractivity contribution in [3.05, 3.63) is 47.8 Å². The van der Waals surface area contributed by atoms with Crippen LogP contribution in [0.1, 0.15) is 17.3 Å². The summed E-state index contributed by atoms with van der Waals surface area (Å²) in [5.74, 6) is 0.114. The minimum Gasteiger partial charge on any atom is -0.494 e. The Morgan fingerprint density at radius 1 is 1.28 bits per heavy atom. The van der Waals surface area contributed by atoms with Crippen molar-refractivity contribution in [2.75, 3.05) is 25.6 Å². The van der Waals surface area contributed by atoms with Gasteiger partial charge in [-0.05, 0) is 43.3 Å². The highest BCUT2D eigenvalue weighted by atomic mass is 32.1. The first-order chi connectivity index (χ1) is 12.1. The van der Waals surface area contributed by atoms with Crippen LogP contribution in [-0.4, -0.2) is 31.0 Å². The highest BCUT2D eigenvalue weighted by Crippen LogP contribution is 2.29. The lowest BCUT2D eigenvalue weighted by Crippen LogP contribution is -2.14. The molecule has 5 nitrogen and oxygen atoms in total. The average Bonchev–Trinajstić information content (AvgIpc) is 3.02. The van der Waals surface area contributed by atoms with Crippen LogP contribution < -0.4 is 14.8 Å². The molecule has 0 amide bonds. The summed E-state index contributed by atoms with van der Waals surface area (Å²) in [6, 6.07) is 9.81. The zero-order chi connectivity index (χ0) is 17.8. The smallest absolute Gasteiger partial charge is 0.184 e. The van der Waals surface area contributed by atoms with Crippen LogP contribution in [-0.2, 0) is 0 Å². The van der Waals surface area contributed by atoms with Crippen LogP contribution in [0.4, 0.5) is 9.52 Å². The van der Waals surface area contributed by atoms with Gasteiger partial charge >= 0.3 is 0 Å². The number of halogens is 1. The highest BCUT2D eigenvalue weighted by molar-refractivity contribution is 7.22. The molecule has 3 aromatic rings. The number of thiazole rings is 1. The third-order valence-corrected chi connectivity index (χ3v) is 4.52. The zero-order valence-electron chi connectivity index (χ0n) is 13.8. The first kappa shape index (κ1) is 17.2. The number of hydrogen-bond acceptors (Lipinski definition) is 6. The van der Waals surface area contributed by atoms with Gasteiger partial charge in [0.2, 0.25) is 0 Å². The van der Waals surface area contributed by atoms with E-state index in [2.05, 4.69) is 10.3 Å². The van der Waals surface area contributed by atoms with E-state index in [1.165, 1.54) is 30.6 Å². The number of ketones is 1. The molecule has 0 unspecified atom stereocenters. The molecule has 3 rings (SSSR count). The normalized spacial score (nSPS) is 10.7. The van der Waals surface area contributed by atoms with Gasteiger partial charge in [-0.25, -0.2) is 9.37 Å². The fourth-order valence-corrected chi connectivity index (χ4v) is 3.22. The lowest BCUT2D eigenvalue weighted by Gasteiger charge is -2.05. The minimum atomic E-state index is -0.559. The molecule has 0 saturated carbocycles. The Balaban J connectivity index is 1.69. The molecule has 130 valence electrons. The molecular formula is C18H17FN2O3S. The Morgan fingerprint density at radius 2 is 2.12 bits per heavy atom. The molecule has 2 aromatic carbocycles. The minimum absolute atomic E-state index is 0.0317. The zero-order valence-corrected chi connectivity index (χ0v) is 14.7. The maximum absolute atomic E-state index is 13.7. The summed E-state index contributed by atoms with van der Waals surface area (Å²) in [5.41, 5.74) is 1.12. The predicted molar refractivity (Wildman–Crippen MR) is 96.6 cm³/mol. The van der Waals surface area contributed by atoms with Crippen molar-refractivity contribution in [1.82, 2.24) is 4.98 Å². The fraction of sp³-hybridized carbons (Fsp3) is 0.222. The maximum Gasteiger partial charge on any atom is 0.184 e. The molecular weight excluding hydrogens is 343 g/mol. The SMILES string of the molecule is CCOc1ccc2nc(NCC(=O)c3ccc(OC)c(F)c3)sc2c1. The van der Waals surface area contributed by atoms with E-state index in [-0.39, 0.29) is 23.6 Å². The number of carbonyl (C=O) groups is 1. The van der Waals surface area contributed by atoms with E-state index < -0.39 is 5.82 Å². The molecule has 25 heavy (non-hydrogen) atoms. The van der Waals surface area contributed by atoms with Crippen molar-refractivity contribution in [3.8, 4) is 11.5 Å². The molecule has 0 atom stereocenters. The van der Waals surface area contributed by atoms with Crippen LogP contribution in [0, 0.1) is 5.82 Å². The first-order valence-electron chi connectivity index (χ1n) is 7.74. The summed E-state index contributed by atoms with van der Waals surface area (Å²) in [4.78, 5) is 16.6. The van der Waals surface area contributed by atoms with Crippen molar-refractivity contribution in [1.29, 1.82) is 0 Å². The summed E-state index contributed by atoms with van der Waals surface area (Å²) in [7, 11) is 1.38. The van der Waals surface area contributed by atoms with E-state index in [0.29, 0.717) is 11.7 Å². The average molecular weight is 360 g/mol. The number of Topliss-reactive ketones (excluding diaryl/α,β-unsaturated/α-hetero) is 1. The van der Waals surface area contributed by atoms with Gasteiger partial charge in [-0.15, -0.1) is 0 Å². The van der Waals surface area contributed by atoms with E-state index in [9.17, 15) is 9.18 Å². The number of carbonyl (C=O) groups excluding carboxylic acids is 1. The third-order valence-electron chi connectivity index (χ3n) is 3.54. The number of benzene rings is 2.